The number of hydrogen-bond acceptors (Lipinski definition) is 3. The maximum absolute atomic E-state index is 14.5. The van der Waals surface area contributed by atoms with Gasteiger partial charge < -0.3 is 10.1 Å². The number of nitrogens with zero attached hydrogens (tertiary/aromatic N) is 1. The van der Waals surface area contributed by atoms with Crippen LogP contribution in [-0.2, 0) is 9.53 Å². The van der Waals surface area contributed by atoms with E-state index in [1.165, 1.54) is 23.1 Å². The summed E-state index contributed by atoms with van der Waals surface area (Å²) in [6.07, 6.45) is 0. The summed E-state index contributed by atoms with van der Waals surface area (Å²) in [6.45, 7) is 3.39. The first-order chi connectivity index (χ1) is 13.3. The highest BCUT2D eigenvalue weighted by atomic mass is 35.5. The molecule has 28 heavy (non-hydrogen) atoms. The number of anilines is 1. The number of amides is 2. The van der Waals surface area contributed by atoms with E-state index in [0.717, 1.165) is 0 Å². The number of urea groups is 1. The number of benzene rings is 2. The molecule has 2 amide bonds. The quantitative estimate of drug-likeness (QED) is 0.685. The Morgan fingerprint density at radius 2 is 1.89 bits per heavy atom. The van der Waals surface area contributed by atoms with Crippen LogP contribution in [0, 0.1) is 5.82 Å². The second-order valence-corrected chi connectivity index (χ2v) is 6.89. The van der Waals surface area contributed by atoms with Crippen LogP contribution in [0.25, 0.3) is 0 Å². The van der Waals surface area contributed by atoms with Gasteiger partial charge in [0, 0.05) is 21.3 Å². The van der Waals surface area contributed by atoms with Gasteiger partial charge in [-0.25, -0.2) is 14.0 Å². The van der Waals surface area contributed by atoms with E-state index in [1.54, 1.807) is 38.1 Å². The second kappa shape index (κ2) is 8.20. The lowest BCUT2D eigenvalue weighted by Gasteiger charge is -2.35. The molecule has 0 radical (unpaired) electrons. The van der Waals surface area contributed by atoms with Gasteiger partial charge in [-0.05, 0) is 50.2 Å². The topological polar surface area (TPSA) is 58.6 Å². The van der Waals surface area contributed by atoms with Crippen LogP contribution in [0.2, 0.25) is 10.0 Å². The van der Waals surface area contributed by atoms with Gasteiger partial charge in [-0.2, -0.15) is 0 Å². The first kappa shape index (κ1) is 20.2. The maximum Gasteiger partial charge on any atom is 0.338 e. The van der Waals surface area contributed by atoms with Gasteiger partial charge in [0.15, 0.2) is 0 Å². The molecule has 1 atom stereocenters. The lowest BCUT2D eigenvalue weighted by Crippen LogP contribution is -2.48. The van der Waals surface area contributed by atoms with Crippen molar-refractivity contribution in [2.24, 2.45) is 0 Å². The Balaban J connectivity index is 2.18. The Bertz CT molecular complexity index is 940. The van der Waals surface area contributed by atoms with Crippen molar-refractivity contribution in [1.82, 2.24) is 5.32 Å². The van der Waals surface area contributed by atoms with E-state index in [-0.39, 0.29) is 22.8 Å². The van der Waals surface area contributed by atoms with Gasteiger partial charge >= 0.3 is 12.0 Å². The Hall–Kier alpha value is -2.57. The van der Waals surface area contributed by atoms with E-state index < -0.39 is 23.9 Å². The number of rotatable bonds is 4. The molecule has 0 saturated heterocycles. The summed E-state index contributed by atoms with van der Waals surface area (Å²) in [5.41, 5.74) is 0.923. The molecular formula is C20H17Cl2FN2O3. The van der Waals surface area contributed by atoms with Crippen molar-refractivity contribution < 1.29 is 18.7 Å². The van der Waals surface area contributed by atoms with Crippen LogP contribution in [0.4, 0.5) is 14.9 Å². The molecule has 0 unspecified atom stereocenters. The van der Waals surface area contributed by atoms with Gasteiger partial charge in [-0.3, -0.25) is 4.90 Å². The molecule has 1 aliphatic heterocycles. The smallest absolute Gasteiger partial charge is 0.338 e. The van der Waals surface area contributed by atoms with Gasteiger partial charge in [0.25, 0.3) is 0 Å². The summed E-state index contributed by atoms with van der Waals surface area (Å²) in [7, 11) is 0. The highest BCUT2D eigenvalue weighted by molar-refractivity contribution is 6.31. The monoisotopic (exact) mass is 422 g/mol. The average Bonchev–Trinajstić information content (AvgIpc) is 2.63. The molecule has 2 aromatic rings. The number of carbonyl (C=O) groups excluding carboxylic acids is 2. The van der Waals surface area contributed by atoms with E-state index >= 15 is 0 Å². The third-order valence-corrected chi connectivity index (χ3v) is 4.93. The summed E-state index contributed by atoms with van der Waals surface area (Å²) >= 11 is 12.1. The minimum absolute atomic E-state index is 0.00989. The Morgan fingerprint density at radius 3 is 2.50 bits per heavy atom. The zero-order chi connectivity index (χ0) is 20.4. The highest BCUT2D eigenvalue weighted by Gasteiger charge is 2.39. The lowest BCUT2D eigenvalue weighted by molar-refractivity contribution is -0.139. The fourth-order valence-electron chi connectivity index (χ4n) is 3.12. The molecule has 1 aliphatic rings. The molecule has 8 heteroatoms. The van der Waals surface area contributed by atoms with Crippen LogP contribution in [0.15, 0.2) is 53.7 Å². The summed E-state index contributed by atoms with van der Waals surface area (Å²) in [5.74, 6) is -1.30. The number of allylic oxidation sites excluding steroid dienone is 1. The standard InChI is InChI=1S/C20H17Cl2FN2O3/c1-3-28-19(26)16-11(2)25(13-9-7-12(21)8-10-13)20(27)24-18(16)17-14(22)5-4-6-15(17)23/h4-10,18H,3H2,1-2H3,(H,24,27)/t18-/m0/s1. The van der Waals surface area contributed by atoms with Gasteiger partial charge in [-0.15, -0.1) is 0 Å². The normalized spacial score (nSPS) is 16.8. The van der Waals surface area contributed by atoms with E-state index in [9.17, 15) is 14.0 Å². The van der Waals surface area contributed by atoms with Crippen molar-refractivity contribution in [1.29, 1.82) is 0 Å². The molecule has 5 nitrogen and oxygen atoms in total. The Kier molecular flexibility index (Phi) is 5.91. The molecular weight excluding hydrogens is 406 g/mol. The molecule has 2 aromatic carbocycles. The minimum atomic E-state index is -1.08. The van der Waals surface area contributed by atoms with Gasteiger partial charge in [0.1, 0.15) is 5.82 Å². The molecule has 0 aliphatic carbocycles. The maximum atomic E-state index is 14.5. The fraction of sp³-hybridized carbons (Fsp3) is 0.200. The van der Waals surface area contributed by atoms with Crippen LogP contribution >= 0.6 is 23.2 Å². The summed E-state index contributed by atoms with van der Waals surface area (Å²) in [4.78, 5) is 26.9. The largest absolute Gasteiger partial charge is 0.463 e. The Morgan fingerprint density at radius 1 is 1.21 bits per heavy atom. The fourth-order valence-corrected chi connectivity index (χ4v) is 3.52. The van der Waals surface area contributed by atoms with E-state index in [0.29, 0.717) is 16.4 Å². The van der Waals surface area contributed by atoms with Crippen molar-refractivity contribution >= 4 is 40.9 Å². The van der Waals surface area contributed by atoms with Crippen molar-refractivity contribution in [2.45, 2.75) is 19.9 Å². The third-order valence-electron chi connectivity index (χ3n) is 4.35. The average molecular weight is 423 g/mol. The van der Waals surface area contributed by atoms with Crippen molar-refractivity contribution in [3.05, 3.63) is 75.2 Å². The number of esters is 1. The van der Waals surface area contributed by atoms with Gasteiger partial charge in [-0.1, -0.05) is 29.3 Å². The number of halogens is 3. The minimum Gasteiger partial charge on any atom is -0.463 e. The molecule has 0 bridgehead atoms. The predicted molar refractivity (Wildman–Crippen MR) is 106 cm³/mol. The molecule has 0 spiro atoms. The van der Waals surface area contributed by atoms with Crippen LogP contribution in [-0.4, -0.2) is 18.6 Å². The molecule has 146 valence electrons. The molecule has 1 N–H and O–H groups in total. The molecule has 0 fully saturated rings. The molecule has 1 heterocycles. The number of hydrogen-bond donors (Lipinski definition) is 1. The summed E-state index contributed by atoms with van der Waals surface area (Å²) in [6, 6.07) is 9.10. The lowest BCUT2D eigenvalue weighted by atomic mass is 9.94. The van der Waals surface area contributed by atoms with Crippen LogP contribution in [0.5, 0.6) is 0 Å². The van der Waals surface area contributed by atoms with Gasteiger partial charge in [0.2, 0.25) is 0 Å². The second-order valence-electron chi connectivity index (χ2n) is 6.05. The van der Waals surface area contributed by atoms with Crippen LogP contribution in [0.3, 0.4) is 0 Å². The van der Waals surface area contributed by atoms with Crippen molar-refractivity contribution in [3.8, 4) is 0 Å². The van der Waals surface area contributed by atoms with Crippen LogP contribution < -0.4 is 10.2 Å². The van der Waals surface area contributed by atoms with E-state index in [4.69, 9.17) is 27.9 Å². The number of ether oxygens (including phenoxy) is 1. The van der Waals surface area contributed by atoms with Crippen molar-refractivity contribution in [3.63, 3.8) is 0 Å². The molecule has 0 aromatic heterocycles. The molecule has 3 rings (SSSR count). The SMILES string of the molecule is CCOC(=O)C1=C(C)N(c2ccc(Cl)cc2)C(=O)N[C@@H]1c1c(F)cccc1Cl. The van der Waals surface area contributed by atoms with Crippen LogP contribution in [0.1, 0.15) is 25.5 Å². The third kappa shape index (κ3) is 3.70. The van der Waals surface area contributed by atoms with Gasteiger partial charge in [0.05, 0.1) is 23.9 Å². The first-order valence-corrected chi connectivity index (χ1v) is 9.28. The zero-order valence-corrected chi connectivity index (χ0v) is 16.6. The zero-order valence-electron chi connectivity index (χ0n) is 15.1. The highest BCUT2D eigenvalue weighted by Crippen LogP contribution is 2.38. The Labute approximate surface area is 171 Å². The number of carbonyl (C=O) groups is 2. The van der Waals surface area contributed by atoms with E-state index in [1.807, 2.05) is 0 Å². The predicted octanol–water partition coefficient (Wildman–Crippen LogP) is 5.24. The summed E-state index contributed by atoms with van der Waals surface area (Å²) < 4.78 is 19.7. The first-order valence-electron chi connectivity index (χ1n) is 8.53. The van der Waals surface area contributed by atoms with Crippen molar-refractivity contribution in [2.75, 3.05) is 11.5 Å². The van der Waals surface area contributed by atoms with E-state index in [2.05, 4.69) is 5.32 Å². The summed E-state index contributed by atoms with van der Waals surface area (Å²) in [5, 5.41) is 3.27. The molecule has 0 saturated carbocycles. The number of nitrogens with one attached hydrogen (secondary N) is 1.